The summed E-state index contributed by atoms with van der Waals surface area (Å²) in [7, 11) is -5.75. The van der Waals surface area contributed by atoms with Crippen molar-refractivity contribution in [2.45, 2.75) is 35.5 Å². The molecule has 1 aromatic carbocycles. The monoisotopic (exact) mass is 376 g/mol. The first-order chi connectivity index (χ1) is 11.4. The smallest absolute Gasteiger partial charge is 0.243 e. The molecule has 2 rings (SSSR count). The number of benzene rings is 1. The highest BCUT2D eigenvalue weighted by molar-refractivity contribution is 7.89. The molecule has 136 valence electrons. The molecule has 0 radical (unpaired) electrons. The Labute approximate surface area is 144 Å². The van der Waals surface area contributed by atoms with Crippen LogP contribution in [-0.4, -0.2) is 54.5 Å². The van der Waals surface area contributed by atoms with Crippen LogP contribution in [0.5, 0.6) is 0 Å². The zero-order chi connectivity index (χ0) is 17.6. The number of methoxy groups -OCH3 is 1. The number of rotatable bonds is 7. The normalized spacial score (nSPS) is 17.5. The fraction of sp³-hybridized carbons (Fsp3) is 0.600. The lowest BCUT2D eigenvalue weighted by Crippen LogP contribution is -2.32. The Morgan fingerprint density at radius 3 is 2.04 bits per heavy atom. The van der Waals surface area contributed by atoms with Crippen LogP contribution in [0.3, 0.4) is 0 Å². The molecule has 24 heavy (non-hydrogen) atoms. The molecule has 0 bridgehead atoms. The van der Waals surface area contributed by atoms with Gasteiger partial charge in [-0.25, -0.2) is 21.6 Å². The molecule has 1 aromatic rings. The van der Waals surface area contributed by atoms with E-state index in [-0.39, 0.29) is 22.9 Å². The SMILES string of the molecule is COCCNS(=O)(=O)c1ccc(S(=O)(=O)N2CCCCCC2)cc1. The van der Waals surface area contributed by atoms with Crippen LogP contribution >= 0.6 is 0 Å². The highest BCUT2D eigenvalue weighted by Crippen LogP contribution is 2.21. The van der Waals surface area contributed by atoms with Crippen molar-refractivity contribution in [2.75, 3.05) is 33.4 Å². The van der Waals surface area contributed by atoms with Gasteiger partial charge in [-0.2, -0.15) is 4.31 Å². The molecule has 0 amide bonds. The number of nitrogens with zero attached hydrogens (tertiary/aromatic N) is 1. The summed E-state index contributed by atoms with van der Waals surface area (Å²) in [5.74, 6) is 0. The maximum absolute atomic E-state index is 12.7. The van der Waals surface area contributed by atoms with E-state index in [0.717, 1.165) is 25.7 Å². The van der Waals surface area contributed by atoms with Gasteiger partial charge in [0.2, 0.25) is 20.0 Å². The third-order valence-corrected chi connectivity index (χ3v) is 7.32. The molecule has 1 N–H and O–H groups in total. The maximum Gasteiger partial charge on any atom is 0.243 e. The standard InChI is InChI=1S/C15H24N2O5S2/c1-22-13-10-16-23(18,19)14-6-8-15(9-7-14)24(20,21)17-11-4-2-3-5-12-17/h6-9,16H,2-5,10-13H2,1H3. The third-order valence-electron chi connectivity index (χ3n) is 3.94. The molecule has 0 aliphatic carbocycles. The summed E-state index contributed by atoms with van der Waals surface area (Å²) in [5, 5.41) is 0. The van der Waals surface area contributed by atoms with Gasteiger partial charge >= 0.3 is 0 Å². The molecular formula is C15H24N2O5S2. The first-order valence-corrected chi connectivity index (χ1v) is 10.9. The summed E-state index contributed by atoms with van der Waals surface area (Å²) in [4.78, 5) is 0.161. The lowest BCUT2D eigenvalue weighted by molar-refractivity contribution is 0.204. The highest BCUT2D eigenvalue weighted by atomic mass is 32.2. The van der Waals surface area contributed by atoms with E-state index in [9.17, 15) is 16.8 Å². The van der Waals surface area contributed by atoms with E-state index >= 15 is 0 Å². The van der Waals surface area contributed by atoms with Gasteiger partial charge in [0.25, 0.3) is 0 Å². The molecule has 1 fully saturated rings. The number of hydrogen-bond acceptors (Lipinski definition) is 5. The Morgan fingerprint density at radius 2 is 1.50 bits per heavy atom. The van der Waals surface area contributed by atoms with Gasteiger partial charge in [0.05, 0.1) is 16.4 Å². The van der Waals surface area contributed by atoms with Crippen molar-refractivity contribution >= 4 is 20.0 Å². The molecule has 0 aromatic heterocycles. The van der Waals surface area contributed by atoms with Crippen molar-refractivity contribution in [1.29, 1.82) is 0 Å². The van der Waals surface area contributed by atoms with Crippen molar-refractivity contribution in [3.8, 4) is 0 Å². The third kappa shape index (κ3) is 4.76. The van der Waals surface area contributed by atoms with Crippen LogP contribution in [0.1, 0.15) is 25.7 Å². The molecule has 1 aliphatic heterocycles. The summed E-state index contributed by atoms with van der Waals surface area (Å²) in [5.41, 5.74) is 0. The summed E-state index contributed by atoms with van der Waals surface area (Å²) in [6.07, 6.45) is 3.79. The van der Waals surface area contributed by atoms with Gasteiger partial charge in [-0.05, 0) is 37.1 Å². The predicted octanol–water partition coefficient (Wildman–Crippen LogP) is 1.18. The second kappa shape index (κ2) is 8.39. The van der Waals surface area contributed by atoms with Crippen molar-refractivity contribution < 1.29 is 21.6 Å². The Kier molecular flexibility index (Phi) is 6.76. The van der Waals surface area contributed by atoms with Crippen molar-refractivity contribution in [2.24, 2.45) is 0 Å². The molecule has 9 heteroatoms. The summed E-state index contributed by atoms with van der Waals surface area (Å²) < 4.78 is 58.2. The zero-order valence-electron chi connectivity index (χ0n) is 13.8. The molecule has 0 unspecified atom stereocenters. The van der Waals surface area contributed by atoms with Crippen molar-refractivity contribution in [3.63, 3.8) is 0 Å². The minimum Gasteiger partial charge on any atom is -0.383 e. The number of nitrogens with one attached hydrogen (secondary N) is 1. The van der Waals surface area contributed by atoms with E-state index in [4.69, 9.17) is 4.74 Å². The largest absolute Gasteiger partial charge is 0.383 e. The molecule has 1 saturated heterocycles. The number of sulfonamides is 2. The van der Waals surface area contributed by atoms with Gasteiger partial charge in [0, 0.05) is 26.7 Å². The van der Waals surface area contributed by atoms with Gasteiger partial charge in [0.1, 0.15) is 0 Å². The fourth-order valence-electron chi connectivity index (χ4n) is 2.58. The second-order valence-corrected chi connectivity index (χ2v) is 9.39. The quantitative estimate of drug-likeness (QED) is 0.721. The first kappa shape index (κ1) is 19.3. The molecule has 1 heterocycles. The van der Waals surface area contributed by atoms with Crippen molar-refractivity contribution in [3.05, 3.63) is 24.3 Å². The highest BCUT2D eigenvalue weighted by Gasteiger charge is 2.25. The zero-order valence-corrected chi connectivity index (χ0v) is 15.4. The Hall–Kier alpha value is -1.00. The molecule has 0 spiro atoms. The minimum absolute atomic E-state index is 0.0356. The molecule has 0 saturated carbocycles. The van der Waals surface area contributed by atoms with E-state index in [1.807, 2.05) is 0 Å². The lowest BCUT2D eigenvalue weighted by Gasteiger charge is -2.20. The van der Waals surface area contributed by atoms with Gasteiger partial charge in [0.15, 0.2) is 0 Å². The Bertz CT molecular complexity index is 722. The van der Waals surface area contributed by atoms with Crippen LogP contribution in [0, 0.1) is 0 Å². The van der Waals surface area contributed by atoms with Crippen LogP contribution < -0.4 is 4.72 Å². The predicted molar refractivity (Wildman–Crippen MR) is 90.7 cm³/mol. The van der Waals surface area contributed by atoms with E-state index in [1.165, 1.54) is 35.7 Å². The molecule has 0 atom stereocenters. The van der Waals surface area contributed by atoms with Crippen LogP contribution in [0.15, 0.2) is 34.1 Å². The average molecular weight is 377 g/mol. The van der Waals surface area contributed by atoms with Crippen LogP contribution in [-0.2, 0) is 24.8 Å². The molecule has 1 aliphatic rings. The topological polar surface area (TPSA) is 92.8 Å². The number of ether oxygens (including phenoxy) is 1. The van der Waals surface area contributed by atoms with Crippen molar-refractivity contribution in [1.82, 2.24) is 9.03 Å². The van der Waals surface area contributed by atoms with Crippen LogP contribution in [0.4, 0.5) is 0 Å². The van der Waals surface area contributed by atoms with E-state index in [0.29, 0.717) is 13.1 Å². The fourth-order valence-corrected chi connectivity index (χ4v) is 5.11. The maximum atomic E-state index is 12.7. The lowest BCUT2D eigenvalue weighted by atomic mass is 10.2. The van der Waals surface area contributed by atoms with E-state index in [2.05, 4.69) is 4.72 Å². The average Bonchev–Trinajstić information content (AvgIpc) is 2.85. The number of hydrogen-bond donors (Lipinski definition) is 1. The van der Waals surface area contributed by atoms with Gasteiger partial charge in [-0.1, -0.05) is 12.8 Å². The first-order valence-electron chi connectivity index (χ1n) is 7.97. The van der Waals surface area contributed by atoms with Gasteiger partial charge in [-0.15, -0.1) is 0 Å². The minimum atomic E-state index is -3.66. The Balaban J connectivity index is 2.16. The molecule has 7 nitrogen and oxygen atoms in total. The van der Waals surface area contributed by atoms with E-state index in [1.54, 1.807) is 0 Å². The van der Waals surface area contributed by atoms with Gasteiger partial charge < -0.3 is 4.74 Å². The second-order valence-electron chi connectivity index (χ2n) is 5.68. The van der Waals surface area contributed by atoms with Crippen LogP contribution in [0.2, 0.25) is 0 Å². The summed E-state index contributed by atoms with van der Waals surface area (Å²) in [6.45, 7) is 1.45. The van der Waals surface area contributed by atoms with E-state index < -0.39 is 20.0 Å². The summed E-state index contributed by atoms with van der Waals surface area (Å²) in [6, 6.07) is 5.34. The van der Waals surface area contributed by atoms with Gasteiger partial charge in [-0.3, -0.25) is 0 Å². The Morgan fingerprint density at radius 1 is 0.958 bits per heavy atom. The summed E-state index contributed by atoms with van der Waals surface area (Å²) >= 11 is 0. The van der Waals surface area contributed by atoms with Crippen LogP contribution in [0.25, 0.3) is 0 Å². The molecular weight excluding hydrogens is 352 g/mol.